The standard InChI is InChI=1S/C23H21N3O6S3/c27-21-14-32-19-5-4-15(12-20-22(28)24-23(33)34-20)11-18(19)26(21)13-16-2-1-3-17(10-16)35(29,30)25-6-8-31-9-7-25/h1-5,10-12H,6-9,13-14H2,(H,24,28,33). The van der Waals surface area contributed by atoms with Gasteiger partial charge in [0, 0.05) is 13.1 Å². The minimum Gasteiger partial charge on any atom is -0.482 e. The third-order valence-electron chi connectivity index (χ3n) is 5.71. The number of morpholine rings is 1. The van der Waals surface area contributed by atoms with Gasteiger partial charge in [-0.05, 0) is 41.5 Å². The molecular weight excluding hydrogens is 510 g/mol. The Balaban J connectivity index is 1.43. The van der Waals surface area contributed by atoms with Gasteiger partial charge >= 0.3 is 0 Å². The number of hydrogen-bond acceptors (Lipinski definition) is 8. The average molecular weight is 532 g/mol. The molecule has 0 radical (unpaired) electrons. The van der Waals surface area contributed by atoms with Crippen molar-refractivity contribution < 1.29 is 27.5 Å². The van der Waals surface area contributed by atoms with Gasteiger partial charge in [0.15, 0.2) is 6.61 Å². The maximum Gasteiger partial charge on any atom is 0.265 e. The molecule has 2 fully saturated rings. The fourth-order valence-corrected chi connectivity index (χ4v) is 6.50. The smallest absolute Gasteiger partial charge is 0.265 e. The van der Waals surface area contributed by atoms with Gasteiger partial charge in [0.1, 0.15) is 10.1 Å². The largest absolute Gasteiger partial charge is 0.482 e. The zero-order valence-corrected chi connectivity index (χ0v) is 20.9. The number of thioether (sulfide) groups is 1. The first-order valence-corrected chi connectivity index (χ1v) is 13.5. The SMILES string of the molecule is O=C1NC(=S)SC1=Cc1ccc2c(c1)N(Cc1cccc(S(=O)(=O)N3CCOCC3)c1)C(=O)CO2. The number of carbonyl (C=O) groups excluding carboxylic acids is 2. The van der Waals surface area contributed by atoms with E-state index in [1.54, 1.807) is 53.4 Å². The van der Waals surface area contributed by atoms with E-state index < -0.39 is 10.0 Å². The molecule has 3 heterocycles. The lowest BCUT2D eigenvalue weighted by atomic mass is 10.1. The number of nitrogens with zero attached hydrogens (tertiary/aromatic N) is 2. The van der Waals surface area contributed by atoms with Gasteiger partial charge in [0.25, 0.3) is 11.8 Å². The molecule has 2 amide bonds. The van der Waals surface area contributed by atoms with Crippen molar-refractivity contribution in [2.75, 3.05) is 37.8 Å². The summed E-state index contributed by atoms with van der Waals surface area (Å²) < 4.78 is 38.8. The molecule has 2 saturated heterocycles. The Labute approximate surface area is 212 Å². The number of anilines is 1. The Bertz CT molecular complexity index is 1350. The quantitative estimate of drug-likeness (QED) is 0.462. The van der Waals surface area contributed by atoms with Crippen LogP contribution in [0, 0.1) is 0 Å². The van der Waals surface area contributed by atoms with E-state index in [1.807, 2.05) is 0 Å². The predicted octanol–water partition coefficient (Wildman–Crippen LogP) is 2.12. The molecule has 2 aromatic rings. The van der Waals surface area contributed by atoms with Crippen LogP contribution >= 0.6 is 24.0 Å². The number of hydrogen-bond donors (Lipinski definition) is 1. The number of amides is 2. The first kappa shape index (κ1) is 23.9. The number of carbonyl (C=O) groups is 2. The number of sulfonamides is 1. The topological polar surface area (TPSA) is 105 Å². The molecule has 182 valence electrons. The van der Waals surface area contributed by atoms with E-state index in [4.69, 9.17) is 21.7 Å². The lowest BCUT2D eigenvalue weighted by Gasteiger charge is -2.30. The predicted molar refractivity (Wildman–Crippen MR) is 135 cm³/mol. The second-order valence-corrected chi connectivity index (χ2v) is 11.7. The molecule has 3 aliphatic rings. The second kappa shape index (κ2) is 9.70. The summed E-state index contributed by atoms with van der Waals surface area (Å²) in [6, 6.07) is 11.9. The molecule has 0 spiro atoms. The van der Waals surface area contributed by atoms with Gasteiger partial charge in [0.05, 0.1) is 35.2 Å². The number of benzene rings is 2. The molecule has 9 nitrogen and oxygen atoms in total. The van der Waals surface area contributed by atoms with Crippen LogP contribution in [0.5, 0.6) is 5.75 Å². The van der Waals surface area contributed by atoms with Crippen LogP contribution in [0.1, 0.15) is 11.1 Å². The first-order valence-electron chi connectivity index (χ1n) is 10.8. The molecule has 35 heavy (non-hydrogen) atoms. The third-order valence-corrected chi connectivity index (χ3v) is 8.77. The van der Waals surface area contributed by atoms with Gasteiger partial charge in [-0.15, -0.1) is 0 Å². The molecule has 0 bridgehead atoms. The van der Waals surface area contributed by atoms with E-state index in [0.717, 1.165) is 0 Å². The summed E-state index contributed by atoms with van der Waals surface area (Å²) >= 11 is 6.21. The summed E-state index contributed by atoms with van der Waals surface area (Å²) in [6.07, 6.45) is 1.70. The van der Waals surface area contributed by atoms with Gasteiger partial charge in [-0.1, -0.05) is 42.2 Å². The molecule has 1 N–H and O–H groups in total. The highest BCUT2D eigenvalue weighted by Crippen LogP contribution is 2.36. The van der Waals surface area contributed by atoms with Crippen molar-refractivity contribution >= 4 is 61.9 Å². The Kier molecular flexibility index (Phi) is 6.64. The second-order valence-electron chi connectivity index (χ2n) is 8.01. The zero-order valence-electron chi connectivity index (χ0n) is 18.4. The monoisotopic (exact) mass is 531 g/mol. The molecule has 0 aromatic heterocycles. The van der Waals surface area contributed by atoms with Gasteiger partial charge < -0.3 is 19.7 Å². The Morgan fingerprint density at radius 3 is 2.66 bits per heavy atom. The maximum absolute atomic E-state index is 13.1. The number of thiocarbonyl (C=S) groups is 1. The van der Waals surface area contributed by atoms with Crippen LogP contribution in [0.15, 0.2) is 52.3 Å². The van der Waals surface area contributed by atoms with Crippen molar-refractivity contribution in [1.82, 2.24) is 9.62 Å². The van der Waals surface area contributed by atoms with E-state index in [9.17, 15) is 18.0 Å². The molecule has 2 aromatic carbocycles. The van der Waals surface area contributed by atoms with E-state index in [1.165, 1.54) is 16.1 Å². The van der Waals surface area contributed by atoms with Crippen LogP contribution in [-0.4, -0.2) is 61.8 Å². The summed E-state index contributed by atoms with van der Waals surface area (Å²) in [7, 11) is -3.66. The van der Waals surface area contributed by atoms with Crippen LogP contribution in [-0.2, 0) is 30.9 Å². The molecule has 3 aliphatic heterocycles. The Morgan fingerprint density at radius 1 is 1.11 bits per heavy atom. The Hall–Kier alpha value is -2.77. The first-order chi connectivity index (χ1) is 16.8. The van der Waals surface area contributed by atoms with Crippen molar-refractivity contribution in [2.24, 2.45) is 0 Å². The van der Waals surface area contributed by atoms with Crippen LogP contribution in [0.2, 0.25) is 0 Å². The van der Waals surface area contributed by atoms with E-state index in [2.05, 4.69) is 5.32 Å². The lowest BCUT2D eigenvalue weighted by molar-refractivity contribution is -0.121. The van der Waals surface area contributed by atoms with Crippen LogP contribution < -0.4 is 15.0 Å². The fraction of sp³-hybridized carbons (Fsp3) is 0.261. The van der Waals surface area contributed by atoms with Crippen LogP contribution in [0.3, 0.4) is 0 Å². The molecule has 0 unspecified atom stereocenters. The van der Waals surface area contributed by atoms with E-state index in [0.29, 0.717) is 58.1 Å². The molecule has 0 saturated carbocycles. The van der Waals surface area contributed by atoms with E-state index in [-0.39, 0.29) is 29.9 Å². The summed E-state index contributed by atoms with van der Waals surface area (Å²) in [5.74, 6) is 0.0148. The van der Waals surface area contributed by atoms with Crippen molar-refractivity contribution in [3.05, 3.63) is 58.5 Å². The summed E-state index contributed by atoms with van der Waals surface area (Å²) in [6.45, 7) is 1.39. The van der Waals surface area contributed by atoms with Crippen molar-refractivity contribution in [2.45, 2.75) is 11.4 Å². The molecule has 5 rings (SSSR count). The highest BCUT2D eigenvalue weighted by atomic mass is 32.2. The van der Waals surface area contributed by atoms with E-state index >= 15 is 0 Å². The molecule has 12 heteroatoms. The average Bonchev–Trinajstić information content (AvgIpc) is 3.18. The lowest BCUT2D eigenvalue weighted by Crippen LogP contribution is -2.40. The van der Waals surface area contributed by atoms with Gasteiger partial charge in [-0.2, -0.15) is 4.31 Å². The minimum atomic E-state index is -3.66. The van der Waals surface area contributed by atoms with Gasteiger partial charge in [-0.25, -0.2) is 8.42 Å². The highest BCUT2D eigenvalue weighted by Gasteiger charge is 2.29. The number of rotatable bonds is 5. The number of fused-ring (bicyclic) bond motifs is 1. The minimum absolute atomic E-state index is 0.119. The normalized spacial score (nSPS) is 20.1. The summed E-state index contributed by atoms with van der Waals surface area (Å²) in [5.41, 5.74) is 1.92. The van der Waals surface area contributed by atoms with Gasteiger partial charge in [0.2, 0.25) is 10.0 Å². The Morgan fingerprint density at radius 2 is 1.91 bits per heavy atom. The van der Waals surface area contributed by atoms with Gasteiger partial charge in [-0.3, -0.25) is 9.59 Å². The molecular formula is C23H21N3O6S3. The highest BCUT2D eigenvalue weighted by molar-refractivity contribution is 8.26. The fourth-order valence-electron chi connectivity index (χ4n) is 3.98. The van der Waals surface area contributed by atoms with Crippen LogP contribution in [0.25, 0.3) is 6.08 Å². The van der Waals surface area contributed by atoms with Crippen molar-refractivity contribution in [3.63, 3.8) is 0 Å². The van der Waals surface area contributed by atoms with Crippen molar-refractivity contribution in [1.29, 1.82) is 0 Å². The van der Waals surface area contributed by atoms with Crippen LogP contribution in [0.4, 0.5) is 5.69 Å². The zero-order chi connectivity index (χ0) is 24.6. The molecule has 0 atom stereocenters. The van der Waals surface area contributed by atoms with Crippen molar-refractivity contribution in [3.8, 4) is 5.75 Å². The number of nitrogens with one attached hydrogen (secondary N) is 1. The summed E-state index contributed by atoms with van der Waals surface area (Å²) in [4.78, 5) is 27.0. The molecule has 0 aliphatic carbocycles. The third kappa shape index (κ3) is 4.98. The number of ether oxygens (including phenoxy) is 2. The maximum atomic E-state index is 13.1. The summed E-state index contributed by atoms with van der Waals surface area (Å²) in [5, 5.41) is 2.58.